The lowest BCUT2D eigenvalue weighted by Gasteiger charge is -2.15. The van der Waals surface area contributed by atoms with Crippen LogP contribution >= 0.6 is 23.2 Å². The zero-order valence-electron chi connectivity index (χ0n) is 23.6. The minimum Gasteiger partial charge on any atom is -0.490 e. The molecule has 1 amide bonds. The number of hydrazone groups is 1. The average molecular weight is 614 g/mol. The van der Waals surface area contributed by atoms with Gasteiger partial charge >= 0.3 is 0 Å². The van der Waals surface area contributed by atoms with Crippen LogP contribution in [-0.4, -0.2) is 18.7 Å². The first-order chi connectivity index (χ1) is 21.0. The lowest BCUT2D eigenvalue weighted by molar-refractivity contribution is -0.120. The van der Waals surface area contributed by atoms with Crippen LogP contribution in [0.3, 0.4) is 0 Å². The molecular formula is C35H30Cl2N2O4. The lowest BCUT2D eigenvalue weighted by Crippen LogP contribution is -2.19. The molecule has 0 unspecified atom stereocenters. The monoisotopic (exact) mass is 612 g/mol. The molecule has 6 nitrogen and oxygen atoms in total. The van der Waals surface area contributed by atoms with Gasteiger partial charge in [-0.25, -0.2) is 5.43 Å². The quantitative estimate of drug-likeness (QED) is 0.113. The van der Waals surface area contributed by atoms with Crippen molar-refractivity contribution < 1.29 is 19.0 Å². The standard InChI is InChI=1S/C35H30Cl2N2O4/c1-2-41-33-19-25(15-16-32(33)42-22-24-9-4-3-5-10-24)23-43-35-30(36)17-26(18-31(35)37)21-38-39-34(40)20-28-13-8-12-27-11-6-7-14-29(27)28/h3-19,21H,2,20,22-23H2,1H3,(H,39,40)/b38-21+. The molecule has 0 heterocycles. The van der Waals surface area contributed by atoms with Crippen molar-refractivity contribution in [2.24, 2.45) is 5.10 Å². The summed E-state index contributed by atoms with van der Waals surface area (Å²) in [5.41, 5.74) is 6.05. The number of rotatable bonds is 12. The molecule has 0 fully saturated rings. The molecule has 5 aromatic rings. The van der Waals surface area contributed by atoms with Gasteiger partial charge in [0.25, 0.3) is 0 Å². The van der Waals surface area contributed by atoms with Gasteiger partial charge in [0.05, 0.1) is 29.3 Å². The summed E-state index contributed by atoms with van der Waals surface area (Å²) in [4.78, 5) is 12.5. The molecule has 0 aromatic heterocycles. The van der Waals surface area contributed by atoms with Gasteiger partial charge in [0.2, 0.25) is 5.91 Å². The van der Waals surface area contributed by atoms with E-state index in [2.05, 4.69) is 10.5 Å². The van der Waals surface area contributed by atoms with E-state index in [1.54, 1.807) is 12.1 Å². The van der Waals surface area contributed by atoms with Gasteiger partial charge in [-0.3, -0.25) is 4.79 Å². The Morgan fingerprint density at radius 3 is 2.28 bits per heavy atom. The Hall–Kier alpha value is -4.52. The van der Waals surface area contributed by atoms with Crippen molar-refractivity contribution in [1.29, 1.82) is 0 Å². The molecule has 0 aliphatic carbocycles. The minimum absolute atomic E-state index is 0.206. The molecule has 0 spiro atoms. The minimum atomic E-state index is -0.229. The summed E-state index contributed by atoms with van der Waals surface area (Å²) in [5.74, 6) is 1.40. The Kier molecular flexibility index (Phi) is 10.2. The fourth-order valence-corrected chi connectivity index (χ4v) is 5.16. The number of amides is 1. The summed E-state index contributed by atoms with van der Waals surface area (Å²) in [6.45, 7) is 3.07. The van der Waals surface area contributed by atoms with Gasteiger partial charge < -0.3 is 14.2 Å². The lowest BCUT2D eigenvalue weighted by atomic mass is 10.0. The maximum atomic E-state index is 12.5. The Bertz CT molecular complexity index is 1710. The van der Waals surface area contributed by atoms with Crippen molar-refractivity contribution in [3.63, 3.8) is 0 Å². The van der Waals surface area contributed by atoms with Gasteiger partial charge in [-0.15, -0.1) is 0 Å². The molecule has 1 N–H and O–H groups in total. The van der Waals surface area contributed by atoms with Crippen molar-refractivity contribution in [3.8, 4) is 17.2 Å². The van der Waals surface area contributed by atoms with Gasteiger partial charge in [0.1, 0.15) is 13.2 Å². The highest BCUT2D eigenvalue weighted by molar-refractivity contribution is 6.37. The highest BCUT2D eigenvalue weighted by atomic mass is 35.5. The summed E-state index contributed by atoms with van der Waals surface area (Å²) in [5, 5.41) is 6.86. The number of halogens is 2. The first kappa shape index (κ1) is 30.0. The third-order valence-electron chi connectivity index (χ3n) is 6.58. The second-order valence-electron chi connectivity index (χ2n) is 9.70. The third-order valence-corrected chi connectivity index (χ3v) is 7.14. The number of benzene rings is 5. The molecule has 0 bridgehead atoms. The van der Waals surface area contributed by atoms with Crippen LogP contribution in [0.5, 0.6) is 17.2 Å². The average Bonchev–Trinajstić information content (AvgIpc) is 3.01. The molecule has 218 valence electrons. The summed E-state index contributed by atoms with van der Waals surface area (Å²) in [6.07, 6.45) is 1.70. The maximum absolute atomic E-state index is 12.5. The molecule has 8 heteroatoms. The molecule has 0 aliphatic rings. The summed E-state index contributed by atoms with van der Waals surface area (Å²) >= 11 is 13.0. The van der Waals surface area contributed by atoms with E-state index in [1.165, 1.54) is 6.21 Å². The second-order valence-corrected chi connectivity index (χ2v) is 10.5. The van der Waals surface area contributed by atoms with Gasteiger partial charge in [0, 0.05) is 0 Å². The number of hydrogen-bond donors (Lipinski definition) is 1. The summed E-state index contributed by atoms with van der Waals surface area (Å²) in [7, 11) is 0. The number of ether oxygens (including phenoxy) is 3. The van der Waals surface area contributed by atoms with E-state index in [0.29, 0.717) is 46.1 Å². The topological polar surface area (TPSA) is 69.2 Å². The van der Waals surface area contributed by atoms with Crippen molar-refractivity contribution in [3.05, 3.63) is 135 Å². The third kappa shape index (κ3) is 8.07. The van der Waals surface area contributed by atoms with E-state index in [1.807, 2.05) is 97.9 Å². The van der Waals surface area contributed by atoms with E-state index in [9.17, 15) is 4.79 Å². The highest BCUT2D eigenvalue weighted by Gasteiger charge is 2.12. The number of hydrogen-bond acceptors (Lipinski definition) is 5. The number of fused-ring (bicyclic) bond motifs is 1. The Balaban J connectivity index is 1.18. The van der Waals surface area contributed by atoms with E-state index in [-0.39, 0.29) is 18.9 Å². The fraction of sp³-hybridized carbons (Fsp3) is 0.143. The van der Waals surface area contributed by atoms with Crippen molar-refractivity contribution in [2.45, 2.75) is 26.6 Å². The molecular weight excluding hydrogens is 583 g/mol. The van der Waals surface area contributed by atoms with Crippen molar-refractivity contribution in [2.75, 3.05) is 6.61 Å². The van der Waals surface area contributed by atoms with E-state index >= 15 is 0 Å². The predicted octanol–water partition coefficient (Wildman–Crippen LogP) is 8.40. The van der Waals surface area contributed by atoms with Crippen LogP contribution in [-0.2, 0) is 24.4 Å². The van der Waals surface area contributed by atoms with Gasteiger partial charge in [-0.1, -0.05) is 102 Å². The Morgan fingerprint density at radius 1 is 0.767 bits per heavy atom. The molecule has 0 aliphatic heterocycles. The van der Waals surface area contributed by atoms with Gasteiger partial charge in [-0.2, -0.15) is 5.10 Å². The van der Waals surface area contributed by atoms with Crippen LogP contribution in [0.4, 0.5) is 0 Å². The molecule has 5 aromatic carbocycles. The molecule has 0 saturated carbocycles. The zero-order chi connectivity index (χ0) is 30.0. The largest absolute Gasteiger partial charge is 0.490 e. The van der Waals surface area contributed by atoms with E-state index < -0.39 is 0 Å². The van der Waals surface area contributed by atoms with Crippen LogP contribution in [0.15, 0.2) is 108 Å². The van der Waals surface area contributed by atoms with Crippen LogP contribution in [0, 0.1) is 0 Å². The maximum Gasteiger partial charge on any atom is 0.244 e. The van der Waals surface area contributed by atoms with E-state index in [4.69, 9.17) is 37.4 Å². The van der Waals surface area contributed by atoms with Gasteiger partial charge in [-0.05, 0) is 64.2 Å². The first-order valence-electron chi connectivity index (χ1n) is 13.8. The highest BCUT2D eigenvalue weighted by Crippen LogP contribution is 2.35. The van der Waals surface area contributed by atoms with Crippen LogP contribution in [0.25, 0.3) is 10.8 Å². The summed E-state index contributed by atoms with van der Waals surface area (Å²) in [6, 6.07) is 32.8. The number of carbonyl (C=O) groups is 1. The molecule has 0 atom stereocenters. The molecule has 0 radical (unpaired) electrons. The first-order valence-corrected chi connectivity index (χ1v) is 14.6. The van der Waals surface area contributed by atoms with Crippen LogP contribution in [0.1, 0.15) is 29.2 Å². The van der Waals surface area contributed by atoms with Crippen LogP contribution in [0.2, 0.25) is 10.0 Å². The van der Waals surface area contributed by atoms with Crippen molar-refractivity contribution >= 4 is 46.1 Å². The molecule has 43 heavy (non-hydrogen) atoms. The van der Waals surface area contributed by atoms with Gasteiger partial charge in [0.15, 0.2) is 17.2 Å². The normalized spacial score (nSPS) is 11.0. The van der Waals surface area contributed by atoms with Crippen molar-refractivity contribution in [1.82, 2.24) is 5.43 Å². The molecule has 0 saturated heterocycles. The smallest absolute Gasteiger partial charge is 0.244 e. The molecule has 5 rings (SSSR count). The fourth-order valence-electron chi connectivity index (χ4n) is 4.55. The number of nitrogens with one attached hydrogen (secondary N) is 1. The Labute approximate surface area is 260 Å². The zero-order valence-corrected chi connectivity index (χ0v) is 25.1. The van der Waals surface area contributed by atoms with E-state index in [0.717, 1.165) is 27.5 Å². The SMILES string of the molecule is CCOc1cc(COc2c(Cl)cc(/C=N/NC(=O)Cc3cccc4ccccc34)cc2Cl)ccc1OCc1ccccc1. The summed E-state index contributed by atoms with van der Waals surface area (Å²) < 4.78 is 17.8. The Morgan fingerprint density at radius 2 is 1.49 bits per heavy atom. The number of nitrogens with zero attached hydrogens (tertiary/aromatic N) is 1. The number of carbonyl (C=O) groups excluding carboxylic acids is 1. The predicted molar refractivity (Wildman–Crippen MR) is 173 cm³/mol. The second kappa shape index (κ2) is 14.6. The van der Waals surface area contributed by atoms with Crippen LogP contribution < -0.4 is 19.6 Å².